The number of aliphatic hydroxyl groups is 2. The first kappa shape index (κ1) is 13.2. The first-order valence-corrected chi connectivity index (χ1v) is 7.09. The lowest BCUT2D eigenvalue weighted by Crippen LogP contribution is -2.51. The minimum absolute atomic E-state index is 0.0853. The van der Waals surface area contributed by atoms with Crippen molar-refractivity contribution in [1.29, 1.82) is 0 Å². The van der Waals surface area contributed by atoms with Crippen molar-refractivity contribution in [2.24, 2.45) is 0 Å². The molecule has 2 unspecified atom stereocenters. The van der Waals surface area contributed by atoms with Crippen molar-refractivity contribution in [3.63, 3.8) is 0 Å². The molecule has 0 amide bonds. The normalized spacial score (nSPS) is 21.2. The fourth-order valence-electron chi connectivity index (χ4n) is 3.05. The highest BCUT2D eigenvalue weighted by molar-refractivity contribution is 5.97. The van der Waals surface area contributed by atoms with E-state index in [-0.39, 0.29) is 24.2 Å². The molecule has 0 aliphatic carbocycles. The standard InChI is InChI=1S/C16H14N2O4/c19-13-7-17-15(21)11-5-9-3-1-2-4-10(9)6-12(11)16(22)18(17)8-14(13)20/h1-6,13-14,19-20H,7-8H2. The molecule has 0 saturated heterocycles. The van der Waals surface area contributed by atoms with Crippen LogP contribution in [-0.2, 0) is 13.1 Å². The van der Waals surface area contributed by atoms with Gasteiger partial charge in [0.05, 0.1) is 23.9 Å². The summed E-state index contributed by atoms with van der Waals surface area (Å²) in [6.45, 7) is -0.171. The summed E-state index contributed by atoms with van der Waals surface area (Å²) in [5, 5.41) is 22.0. The Hall–Kier alpha value is -2.44. The van der Waals surface area contributed by atoms with Crippen molar-refractivity contribution in [2.45, 2.75) is 25.3 Å². The lowest BCUT2D eigenvalue weighted by atomic mass is 10.1. The fraction of sp³-hybridized carbons (Fsp3) is 0.250. The van der Waals surface area contributed by atoms with Crippen LogP contribution in [0.1, 0.15) is 0 Å². The Kier molecular flexibility index (Phi) is 2.72. The quantitative estimate of drug-likeness (QED) is 0.574. The Morgan fingerprint density at radius 3 is 1.64 bits per heavy atom. The highest BCUT2D eigenvalue weighted by Crippen LogP contribution is 2.19. The number of nitrogens with zero attached hydrogens (tertiary/aromatic N) is 2. The van der Waals surface area contributed by atoms with E-state index in [1.165, 1.54) is 9.36 Å². The molecule has 1 aliphatic heterocycles. The minimum atomic E-state index is -1.05. The van der Waals surface area contributed by atoms with Gasteiger partial charge in [-0.05, 0) is 22.9 Å². The van der Waals surface area contributed by atoms with Gasteiger partial charge >= 0.3 is 0 Å². The van der Waals surface area contributed by atoms with Crippen LogP contribution in [0.15, 0.2) is 46.0 Å². The van der Waals surface area contributed by atoms with Gasteiger partial charge in [0.1, 0.15) is 12.2 Å². The van der Waals surface area contributed by atoms with Crippen molar-refractivity contribution in [1.82, 2.24) is 9.36 Å². The third kappa shape index (κ3) is 1.74. The van der Waals surface area contributed by atoms with Gasteiger partial charge in [0.15, 0.2) is 0 Å². The Morgan fingerprint density at radius 1 is 0.818 bits per heavy atom. The van der Waals surface area contributed by atoms with Crippen LogP contribution in [0.4, 0.5) is 0 Å². The molecule has 2 heterocycles. The number of hydrogen-bond donors (Lipinski definition) is 2. The first-order chi connectivity index (χ1) is 10.6. The Balaban J connectivity index is 2.15. The zero-order chi connectivity index (χ0) is 15.4. The van der Waals surface area contributed by atoms with Crippen LogP contribution in [0, 0.1) is 0 Å². The molecule has 6 nitrogen and oxygen atoms in total. The summed E-state index contributed by atoms with van der Waals surface area (Å²) in [5.41, 5.74) is -0.655. The maximum Gasteiger partial charge on any atom is 0.273 e. The topological polar surface area (TPSA) is 84.5 Å². The van der Waals surface area contributed by atoms with Gasteiger partial charge in [-0.1, -0.05) is 24.3 Å². The molecule has 4 rings (SSSR count). The molecule has 0 bridgehead atoms. The lowest BCUT2D eigenvalue weighted by molar-refractivity contribution is -0.0323. The SMILES string of the molecule is O=c1c2cc3ccccc3cc2c(=O)n2n1CC(O)C(O)C2. The Bertz CT molecular complexity index is 936. The average Bonchev–Trinajstić information content (AvgIpc) is 2.53. The molecule has 3 aromatic rings. The summed E-state index contributed by atoms with van der Waals surface area (Å²) in [6.07, 6.45) is -2.09. The molecule has 112 valence electrons. The second kappa shape index (κ2) is 4.53. The van der Waals surface area contributed by atoms with E-state index < -0.39 is 12.2 Å². The van der Waals surface area contributed by atoms with E-state index >= 15 is 0 Å². The zero-order valence-corrected chi connectivity index (χ0v) is 11.6. The molecule has 0 spiro atoms. The summed E-state index contributed by atoms with van der Waals surface area (Å²) in [6, 6.07) is 10.9. The number of fused-ring (bicyclic) bond motifs is 3. The number of aromatic nitrogens is 2. The first-order valence-electron chi connectivity index (χ1n) is 7.09. The molecule has 6 heteroatoms. The molecule has 2 N–H and O–H groups in total. The summed E-state index contributed by atoms with van der Waals surface area (Å²) in [5.74, 6) is 0. The van der Waals surface area contributed by atoms with Crippen LogP contribution in [0.3, 0.4) is 0 Å². The molecule has 2 atom stereocenters. The molecular formula is C16H14N2O4. The van der Waals surface area contributed by atoms with Crippen molar-refractivity contribution in [2.75, 3.05) is 0 Å². The van der Waals surface area contributed by atoms with E-state index in [9.17, 15) is 19.8 Å². The summed E-state index contributed by atoms with van der Waals surface area (Å²) < 4.78 is 2.44. The molecule has 22 heavy (non-hydrogen) atoms. The van der Waals surface area contributed by atoms with Crippen LogP contribution in [0.5, 0.6) is 0 Å². The van der Waals surface area contributed by atoms with Gasteiger partial charge in [-0.25, -0.2) is 9.36 Å². The van der Waals surface area contributed by atoms with Gasteiger partial charge in [0.2, 0.25) is 0 Å². The van der Waals surface area contributed by atoms with Crippen molar-refractivity contribution < 1.29 is 10.2 Å². The van der Waals surface area contributed by atoms with Crippen molar-refractivity contribution >= 4 is 21.5 Å². The molecule has 2 aromatic carbocycles. The molecule has 0 fully saturated rings. The van der Waals surface area contributed by atoms with E-state index in [2.05, 4.69) is 0 Å². The van der Waals surface area contributed by atoms with Crippen LogP contribution in [-0.4, -0.2) is 31.8 Å². The predicted octanol–water partition coefficient (Wildman–Crippen LogP) is 0.0518. The Morgan fingerprint density at radius 2 is 1.23 bits per heavy atom. The van der Waals surface area contributed by atoms with Crippen LogP contribution >= 0.6 is 0 Å². The monoisotopic (exact) mass is 298 g/mol. The molecule has 0 saturated carbocycles. The van der Waals surface area contributed by atoms with Gasteiger partial charge in [-0.15, -0.1) is 0 Å². The van der Waals surface area contributed by atoms with Crippen molar-refractivity contribution in [3.8, 4) is 0 Å². The number of benzene rings is 2. The Labute approximate surface area is 124 Å². The second-order valence-corrected chi connectivity index (χ2v) is 5.65. The van der Waals surface area contributed by atoms with E-state index in [4.69, 9.17) is 0 Å². The summed E-state index contributed by atoms with van der Waals surface area (Å²) in [4.78, 5) is 25.3. The number of hydrogen-bond acceptors (Lipinski definition) is 4. The van der Waals surface area contributed by atoms with Gasteiger partial charge in [-0.2, -0.15) is 0 Å². The van der Waals surface area contributed by atoms with Gasteiger partial charge in [0, 0.05) is 0 Å². The van der Waals surface area contributed by atoms with Gasteiger partial charge in [0.25, 0.3) is 11.1 Å². The van der Waals surface area contributed by atoms with Crippen LogP contribution in [0.2, 0.25) is 0 Å². The van der Waals surface area contributed by atoms with E-state index in [0.717, 1.165) is 10.8 Å². The zero-order valence-electron chi connectivity index (χ0n) is 11.6. The molecule has 0 radical (unpaired) electrons. The largest absolute Gasteiger partial charge is 0.388 e. The van der Waals surface area contributed by atoms with Gasteiger partial charge < -0.3 is 10.2 Å². The minimum Gasteiger partial charge on any atom is -0.388 e. The average molecular weight is 298 g/mol. The molecule has 1 aromatic heterocycles. The van der Waals surface area contributed by atoms with E-state index in [1.807, 2.05) is 24.3 Å². The fourth-order valence-corrected chi connectivity index (χ4v) is 3.05. The van der Waals surface area contributed by atoms with Gasteiger partial charge in [-0.3, -0.25) is 9.59 Å². The van der Waals surface area contributed by atoms with E-state index in [1.54, 1.807) is 12.1 Å². The third-order valence-corrected chi connectivity index (χ3v) is 4.27. The highest BCUT2D eigenvalue weighted by atomic mass is 16.3. The summed E-state index contributed by atoms with van der Waals surface area (Å²) in [7, 11) is 0. The smallest absolute Gasteiger partial charge is 0.273 e. The van der Waals surface area contributed by atoms with Crippen LogP contribution < -0.4 is 11.1 Å². The lowest BCUT2D eigenvalue weighted by Gasteiger charge is -2.28. The third-order valence-electron chi connectivity index (χ3n) is 4.27. The predicted molar refractivity (Wildman–Crippen MR) is 82.0 cm³/mol. The molecular weight excluding hydrogens is 284 g/mol. The molecule has 1 aliphatic rings. The van der Waals surface area contributed by atoms with Crippen LogP contribution in [0.25, 0.3) is 21.5 Å². The summed E-state index contributed by atoms with van der Waals surface area (Å²) >= 11 is 0. The van der Waals surface area contributed by atoms with E-state index in [0.29, 0.717) is 10.8 Å². The maximum atomic E-state index is 12.6. The second-order valence-electron chi connectivity index (χ2n) is 5.65. The number of rotatable bonds is 0. The van der Waals surface area contributed by atoms with Crippen molar-refractivity contribution in [3.05, 3.63) is 57.1 Å². The number of aliphatic hydroxyl groups excluding tert-OH is 2. The highest BCUT2D eigenvalue weighted by Gasteiger charge is 2.27. The maximum absolute atomic E-state index is 12.6.